The molecule has 0 aliphatic heterocycles. The van der Waals surface area contributed by atoms with Gasteiger partial charge in [0.05, 0.1) is 25.4 Å². The molecule has 4 heteroatoms. The first-order valence-electron chi connectivity index (χ1n) is 7.13. The van der Waals surface area contributed by atoms with E-state index in [2.05, 4.69) is 6.92 Å². The third-order valence-corrected chi connectivity index (χ3v) is 2.73. The van der Waals surface area contributed by atoms with Crippen molar-refractivity contribution in [2.75, 3.05) is 33.0 Å². The zero-order valence-electron chi connectivity index (χ0n) is 12.4. The van der Waals surface area contributed by atoms with Crippen molar-refractivity contribution in [3.63, 3.8) is 0 Å². The lowest BCUT2D eigenvalue weighted by molar-refractivity contribution is 0.0143. The summed E-state index contributed by atoms with van der Waals surface area (Å²) in [5, 5.41) is 0. The van der Waals surface area contributed by atoms with E-state index in [0.29, 0.717) is 25.4 Å². The molecule has 1 aromatic carbocycles. The minimum atomic E-state index is -0.309. The van der Waals surface area contributed by atoms with Crippen LogP contribution in [0.1, 0.15) is 35.7 Å². The molecule has 0 fully saturated rings. The molecule has 0 amide bonds. The molecule has 0 radical (unpaired) electrons. The van der Waals surface area contributed by atoms with Crippen LogP contribution in [0.4, 0.5) is 0 Å². The van der Waals surface area contributed by atoms with Crippen molar-refractivity contribution in [3.05, 3.63) is 35.4 Å². The lowest BCUT2D eigenvalue weighted by Crippen LogP contribution is -2.13. The Bertz CT molecular complexity index is 390. The summed E-state index contributed by atoms with van der Waals surface area (Å²) < 4.78 is 15.8. The van der Waals surface area contributed by atoms with Crippen LogP contribution in [0.25, 0.3) is 0 Å². The summed E-state index contributed by atoms with van der Waals surface area (Å²) in [6, 6.07) is 7.34. The van der Waals surface area contributed by atoms with Gasteiger partial charge in [-0.3, -0.25) is 0 Å². The maximum atomic E-state index is 11.7. The number of aryl methyl sites for hydroxylation is 1. The average molecular weight is 280 g/mol. The highest BCUT2D eigenvalue weighted by Gasteiger charge is 2.06. The minimum absolute atomic E-state index is 0.266. The van der Waals surface area contributed by atoms with E-state index < -0.39 is 0 Å². The second-order valence-electron chi connectivity index (χ2n) is 4.58. The lowest BCUT2D eigenvalue weighted by Gasteiger charge is -2.07. The molecule has 0 heterocycles. The van der Waals surface area contributed by atoms with Gasteiger partial charge in [-0.25, -0.2) is 4.79 Å². The fourth-order valence-corrected chi connectivity index (χ4v) is 1.62. The molecule has 112 valence electrons. The van der Waals surface area contributed by atoms with E-state index in [0.717, 1.165) is 25.0 Å². The molecule has 1 rings (SSSR count). The Hall–Kier alpha value is -1.39. The van der Waals surface area contributed by atoms with E-state index in [1.807, 2.05) is 25.1 Å². The van der Waals surface area contributed by atoms with Crippen molar-refractivity contribution in [2.45, 2.75) is 26.7 Å². The maximum absolute atomic E-state index is 11.7. The second-order valence-corrected chi connectivity index (χ2v) is 4.58. The highest BCUT2D eigenvalue weighted by Crippen LogP contribution is 2.05. The summed E-state index contributed by atoms with van der Waals surface area (Å²) in [5.74, 6) is -0.309. The molecular weight excluding hydrogens is 256 g/mol. The topological polar surface area (TPSA) is 44.8 Å². The van der Waals surface area contributed by atoms with Gasteiger partial charge in [0.25, 0.3) is 0 Å². The van der Waals surface area contributed by atoms with E-state index in [1.165, 1.54) is 0 Å². The first-order valence-corrected chi connectivity index (χ1v) is 7.13. The van der Waals surface area contributed by atoms with Crippen LogP contribution in [0.3, 0.4) is 0 Å². The van der Waals surface area contributed by atoms with Crippen molar-refractivity contribution in [1.29, 1.82) is 0 Å². The monoisotopic (exact) mass is 280 g/mol. The van der Waals surface area contributed by atoms with Gasteiger partial charge < -0.3 is 14.2 Å². The Morgan fingerprint density at radius 1 is 1.05 bits per heavy atom. The molecule has 0 aliphatic carbocycles. The number of hydrogen-bond donors (Lipinski definition) is 0. The van der Waals surface area contributed by atoms with Crippen molar-refractivity contribution < 1.29 is 19.0 Å². The molecule has 20 heavy (non-hydrogen) atoms. The highest BCUT2D eigenvalue weighted by molar-refractivity contribution is 5.89. The third-order valence-electron chi connectivity index (χ3n) is 2.73. The van der Waals surface area contributed by atoms with E-state index >= 15 is 0 Å². The van der Waals surface area contributed by atoms with Crippen LogP contribution in [-0.2, 0) is 14.2 Å². The van der Waals surface area contributed by atoms with Crippen LogP contribution in [-0.4, -0.2) is 39.0 Å². The fraction of sp³-hybridized carbons (Fsp3) is 0.562. The lowest BCUT2D eigenvalue weighted by atomic mass is 10.1. The third kappa shape index (κ3) is 7.26. The smallest absolute Gasteiger partial charge is 0.338 e. The molecule has 0 atom stereocenters. The number of carbonyl (C=O) groups excluding carboxylic acids is 1. The summed E-state index contributed by atoms with van der Waals surface area (Å²) in [7, 11) is 0. The van der Waals surface area contributed by atoms with Gasteiger partial charge in [-0.1, -0.05) is 31.0 Å². The largest absolute Gasteiger partial charge is 0.460 e. The summed E-state index contributed by atoms with van der Waals surface area (Å²) in [6.45, 7) is 6.64. The predicted octanol–water partition coefficient (Wildman–Crippen LogP) is 2.99. The Kier molecular flexibility index (Phi) is 8.67. The Morgan fingerprint density at radius 2 is 1.75 bits per heavy atom. The Labute approximate surface area is 121 Å². The molecule has 4 nitrogen and oxygen atoms in total. The fourth-order valence-electron chi connectivity index (χ4n) is 1.62. The molecule has 0 N–H and O–H groups in total. The van der Waals surface area contributed by atoms with Gasteiger partial charge in [0.2, 0.25) is 0 Å². The Balaban J connectivity index is 2.02. The number of unbranched alkanes of at least 4 members (excludes halogenated alkanes) is 1. The zero-order valence-corrected chi connectivity index (χ0v) is 12.4. The molecule has 0 saturated carbocycles. The van der Waals surface area contributed by atoms with Crippen LogP contribution < -0.4 is 0 Å². The van der Waals surface area contributed by atoms with Gasteiger partial charge in [-0.15, -0.1) is 0 Å². The van der Waals surface area contributed by atoms with Gasteiger partial charge in [0, 0.05) is 6.61 Å². The summed E-state index contributed by atoms with van der Waals surface area (Å²) in [5.41, 5.74) is 1.62. The number of esters is 1. The number of benzene rings is 1. The average Bonchev–Trinajstić information content (AvgIpc) is 2.45. The van der Waals surface area contributed by atoms with Crippen LogP contribution in [0.5, 0.6) is 0 Å². The first-order chi connectivity index (χ1) is 9.74. The highest BCUT2D eigenvalue weighted by atomic mass is 16.6. The van der Waals surface area contributed by atoms with Crippen molar-refractivity contribution in [1.82, 2.24) is 0 Å². The van der Waals surface area contributed by atoms with Gasteiger partial charge in [0.1, 0.15) is 6.61 Å². The molecule has 0 aliphatic rings. The van der Waals surface area contributed by atoms with Gasteiger partial charge in [-0.2, -0.15) is 0 Å². The second kappa shape index (κ2) is 10.4. The van der Waals surface area contributed by atoms with E-state index in [-0.39, 0.29) is 12.6 Å². The normalized spacial score (nSPS) is 10.5. The van der Waals surface area contributed by atoms with Gasteiger partial charge in [-0.05, 0) is 25.5 Å². The zero-order chi connectivity index (χ0) is 14.6. The molecule has 0 saturated heterocycles. The standard InChI is InChI=1S/C16H24O4/c1-3-4-8-18-9-10-19-11-12-20-16(17)15-7-5-6-14(2)13-15/h5-7,13H,3-4,8-12H2,1-2H3. The van der Waals surface area contributed by atoms with Crippen molar-refractivity contribution in [3.8, 4) is 0 Å². The van der Waals surface area contributed by atoms with Crippen molar-refractivity contribution in [2.24, 2.45) is 0 Å². The summed E-state index contributed by atoms with van der Waals surface area (Å²) in [6.07, 6.45) is 2.21. The van der Waals surface area contributed by atoms with Crippen LogP contribution in [0.15, 0.2) is 24.3 Å². The van der Waals surface area contributed by atoms with Crippen LogP contribution in [0, 0.1) is 6.92 Å². The van der Waals surface area contributed by atoms with E-state index in [4.69, 9.17) is 14.2 Å². The molecule has 0 unspecified atom stereocenters. The maximum Gasteiger partial charge on any atom is 0.338 e. The van der Waals surface area contributed by atoms with Gasteiger partial charge >= 0.3 is 5.97 Å². The minimum Gasteiger partial charge on any atom is -0.460 e. The molecule has 1 aromatic rings. The first kappa shape index (κ1) is 16.7. The number of carbonyl (C=O) groups is 1. The molecule has 0 spiro atoms. The number of ether oxygens (including phenoxy) is 3. The molecular formula is C16H24O4. The quantitative estimate of drug-likeness (QED) is 0.488. The van der Waals surface area contributed by atoms with Crippen LogP contribution >= 0.6 is 0 Å². The van der Waals surface area contributed by atoms with E-state index in [9.17, 15) is 4.79 Å². The molecule has 0 bridgehead atoms. The summed E-state index contributed by atoms with van der Waals surface area (Å²) >= 11 is 0. The van der Waals surface area contributed by atoms with Gasteiger partial charge in [0.15, 0.2) is 0 Å². The predicted molar refractivity (Wildman–Crippen MR) is 78.0 cm³/mol. The van der Waals surface area contributed by atoms with Crippen molar-refractivity contribution >= 4 is 5.97 Å². The summed E-state index contributed by atoms with van der Waals surface area (Å²) in [4.78, 5) is 11.7. The van der Waals surface area contributed by atoms with Crippen LogP contribution in [0.2, 0.25) is 0 Å². The Morgan fingerprint density at radius 3 is 2.45 bits per heavy atom. The number of rotatable bonds is 10. The number of hydrogen-bond acceptors (Lipinski definition) is 4. The SMILES string of the molecule is CCCCOCCOCCOC(=O)c1cccc(C)c1. The molecule has 0 aromatic heterocycles. The van der Waals surface area contributed by atoms with E-state index in [1.54, 1.807) is 6.07 Å².